The first-order chi connectivity index (χ1) is 11.3. The number of nitrogens with one attached hydrogen (secondary N) is 1. The minimum Gasteiger partial charge on any atom is -0.326 e. The van der Waals surface area contributed by atoms with E-state index >= 15 is 0 Å². The predicted molar refractivity (Wildman–Crippen MR) is 96.3 cm³/mol. The molecule has 0 aliphatic heterocycles. The Morgan fingerprint density at radius 1 is 0.913 bits per heavy atom. The average Bonchev–Trinajstić information content (AvgIpc) is 3.22. The maximum absolute atomic E-state index is 12.7. The van der Waals surface area contributed by atoms with Gasteiger partial charge in [0.05, 0.1) is 0 Å². The summed E-state index contributed by atoms with van der Waals surface area (Å²) in [5.74, 6) is 1.56. The molecule has 0 radical (unpaired) electrons. The highest BCUT2D eigenvalue weighted by Crippen LogP contribution is 2.52. The van der Waals surface area contributed by atoms with E-state index in [-0.39, 0.29) is 11.8 Å². The van der Waals surface area contributed by atoms with Gasteiger partial charge in [-0.05, 0) is 68.9 Å². The number of hydrogen-bond acceptors (Lipinski definition) is 1. The second-order valence-corrected chi connectivity index (χ2v) is 6.83. The van der Waals surface area contributed by atoms with Crippen molar-refractivity contribution in [3.63, 3.8) is 0 Å². The van der Waals surface area contributed by atoms with Gasteiger partial charge in [-0.15, -0.1) is 0 Å². The molecular formula is C21H27NO. The number of aryl methyl sites for hydroxylation is 1. The van der Waals surface area contributed by atoms with Crippen LogP contribution in [0.3, 0.4) is 0 Å². The Kier molecular flexibility index (Phi) is 5.32. The van der Waals surface area contributed by atoms with Crippen molar-refractivity contribution in [2.24, 2.45) is 17.8 Å². The number of rotatable bonds is 2. The SMILES string of the molecule is Cc1ccccc1NC(=O)C1[C@H]2CC/C=C\CC/C=C/CC[C@H]12. The van der Waals surface area contributed by atoms with Crippen LogP contribution in [0.5, 0.6) is 0 Å². The molecule has 0 bridgehead atoms. The van der Waals surface area contributed by atoms with Gasteiger partial charge in [0, 0.05) is 11.6 Å². The van der Waals surface area contributed by atoms with Gasteiger partial charge in [-0.25, -0.2) is 0 Å². The molecule has 1 unspecified atom stereocenters. The number of benzene rings is 1. The zero-order valence-corrected chi connectivity index (χ0v) is 14.0. The summed E-state index contributed by atoms with van der Waals surface area (Å²) in [7, 11) is 0. The highest BCUT2D eigenvalue weighted by atomic mass is 16.2. The van der Waals surface area contributed by atoms with Crippen LogP contribution in [0.1, 0.15) is 44.1 Å². The second kappa shape index (κ2) is 7.63. The van der Waals surface area contributed by atoms with Gasteiger partial charge in [-0.2, -0.15) is 0 Å². The number of carbonyl (C=O) groups excluding carboxylic acids is 1. The summed E-state index contributed by atoms with van der Waals surface area (Å²) in [5, 5.41) is 3.15. The smallest absolute Gasteiger partial charge is 0.228 e. The monoisotopic (exact) mass is 309 g/mol. The summed E-state index contributed by atoms with van der Waals surface area (Å²) in [4.78, 5) is 12.7. The quantitative estimate of drug-likeness (QED) is 0.742. The Labute approximate surface area is 139 Å². The number of carbonyl (C=O) groups is 1. The third-order valence-electron chi connectivity index (χ3n) is 5.20. The van der Waals surface area contributed by atoms with Crippen molar-refractivity contribution in [3.05, 3.63) is 54.1 Å². The van der Waals surface area contributed by atoms with Crippen molar-refractivity contribution in [2.45, 2.75) is 45.4 Å². The van der Waals surface area contributed by atoms with Crippen LogP contribution in [0.2, 0.25) is 0 Å². The number of allylic oxidation sites excluding steroid dienone is 4. The van der Waals surface area contributed by atoms with Gasteiger partial charge in [0.2, 0.25) is 5.91 Å². The van der Waals surface area contributed by atoms with Gasteiger partial charge in [-0.3, -0.25) is 4.79 Å². The summed E-state index contributed by atoms with van der Waals surface area (Å²) < 4.78 is 0. The second-order valence-electron chi connectivity index (χ2n) is 6.83. The number of amides is 1. The van der Waals surface area contributed by atoms with Crippen molar-refractivity contribution >= 4 is 11.6 Å². The van der Waals surface area contributed by atoms with E-state index in [1.54, 1.807) is 0 Å². The van der Waals surface area contributed by atoms with Crippen LogP contribution in [-0.4, -0.2) is 5.91 Å². The molecule has 1 fully saturated rings. The van der Waals surface area contributed by atoms with Gasteiger partial charge in [0.25, 0.3) is 0 Å². The molecule has 1 N–H and O–H groups in total. The van der Waals surface area contributed by atoms with Crippen molar-refractivity contribution in [1.82, 2.24) is 0 Å². The van der Waals surface area contributed by atoms with Crippen LogP contribution in [0.25, 0.3) is 0 Å². The third kappa shape index (κ3) is 4.13. The summed E-state index contributed by atoms with van der Waals surface area (Å²) in [6, 6.07) is 8.03. The van der Waals surface area contributed by atoms with E-state index in [0.29, 0.717) is 11.8 Å². The maximum atomic E-state index is 12.7. The van der Waals surface area contributed by atoms with Crippen molar-refractivity contribution in [3.8, 4) is 0 Å². The van der Waals surface area contributed by atoms with Crippen LogP contribution in [0.15, 0.2) is 48.6 Å². The van der Waals surface area contributed by atoms with Crippen LogP contribution in [0.4, 0.5) is 5.69 Å². The summed E-state index contributed by atoms with van der Waals surface area (Å²) >= 11 is 0. The minimum absolute atomic E-state index is 0.206. The van der Waals surface area contributed by atoms with E-state index in [4.69, 9.17) is 0 Å². The normalized spacial score (nSPS) is 30.2. The molecule has 2 aliphatic rings. The lowest BCUT2D eigenvalue weighted by atomic mass is 10.1. The molecule has 0 saturated heterocycles. The predicted octanol–water partition coefficient (Wildman–Crippen LogP) is 5.26. The Hall–Kier alpha value is -1.83. The molecule has 2 aliphatic carbocycles. The first-order valence-corrected chi connectivity index (χ1v) is 8.94. The molecule has 2 nitrogen and oxygen atoms in total. The molecule has 3 atom stereocenters. The number of hydrogen-bond donors (Lipinski definition) is 1. The third-order valence-corrected chi connectivity index (χ3v) is 5.20. The van der Waals surface area contributed by atoms with Gasteiger partial charge in [-0.1, -0.05) is 42.5 Å². The largest absolute Gasteiger partial charge is 0.326 e. The maximum Gasteiger partial charge on any atom is 0.228 e. The average molecular weight is 309 g/mol. The lowest BCUT2D eigenvalue weighted by Crippen LogP contribution is -2.16. The zero-order valence-electron chi connectivity index (χ0n) is 14.0. The number of para-hydroxylation sites is 1. The van der Waals surface area contributed by atoms with Crippen molar-refractivity contribution in [2.75, 3.05) is 5.32 Å². The Bertz CT molecular complexity index is 578. The summed E-state index contributed by atoms with van der Waals surface area (Å²) in [6.45, 7) is 2.04. The first-order valence-electron chi connectivity index (χ1n) is 8.94. The van der Waals surface area contributed by atoms with Gasteiger partial charge in [0.1, 0.15) is 0 Å². The molecule has 0 spiro atoms. The van der Waals surface area contributed by atoms with Crippen LogP contribution >= 0.6 is 0 Å². The topological polar surface area (TPSA) is 29.1 Å². The molecule has 23 heavy (non-hydrogen) atoms. The lowest BCUT2D eigenvalue weighted by molar-refractivity contribution is -0.117. The lowest BCUT2D eigenvalue weighted by Gasteiger charge is -2.08. The Morgan fingerprint density at radius 2 is 1.48 bits per heavy atom. The Morgan fingerprint density at radius 3 is 2.09 bits per heavy atom. The van der Waals surface area contributed by atoms with Gasteiger partial charge < -0.3 is 5.32 Å². The number of anilines is 1. The number of fused-ring (bicyclic) bond motifs is 1. The fraction of sp³-hybridized carbons (Fsp3) is 0.476. The molecule has 1 saturated carbocycles. The standard InChI is InChI=1S/C21H27NO/c1-16-12-10-11-15-19(16)22-21(23)20-17-13-8-6-4-2-3-5-7-9-14-18(17)20/h4-7,10-12,15,17-18,20H,2-3,8-9,13-14H2,1H3,(H,22,23)/b6-4-,7-5+/t17-,18-,20?/m0/s1. The molecular weight excluding hydrogens is 282 g/mol. The molecule has 3 rings (SSSR count). The highest BCUT2D eigenvalue weighted by Gasteiger charge is 2.52. The van der Waals surface area contributed by atoms with Crippen molar-refractivity contribution < 1.29 is 4.79 Å². The minimum atomic E-state index is 0.206. The van der Waals surface area contributed by atoms with E-state index < -0.39 is 0 Å². The fourth-order valence-electron chi connectivity index (χ4n) is 3.79. The van der Waals surface area contributed by atoms with E-state index in [0.717, 1.165) is 49.8 Å². The van der Waals surface area contributed by atoms with Crippen molar-refractivity contribution in [1.29, 1.82) is 0 Å². The van der Waals surface area contributed by atoms with E-state index in [1.807, 2.05) is 31.2 Å². The van der Waals surface area contributed by atoms with Crippen LogP contribution in [0, 0.1) is 24.7 Å². The molecule has 2 heteroatoms. The molecule has 1 amide bonds. The molecule has 0 heterocycles. The molecule has 1 aromatic rings. The van der Waals surface area contributed by atoms with E-state index in [2.05, 4.69) is 29.6 Å². The molecule has 122 valence electrons. The Balaban J connectivity index is 1.63. The highest BCUT2D eigenvalue weighted by molar-refractivity contribution is 5.95. The van der Waals surface area contributed by atoms with E-state index in [9.17, 15) is 4.79 Å². The summed E-state index contributed by atoms with van der Waals surface area (Å²) in [6.07, 6.45) is 16.0. The fourth-order valence-corrected chi connectivity index (χ4v) is 3.79. The summed E-state index contributed by atoms with van der Waals surface area (Å²) in [5.41, 5.74) is 2.09. The molecule has 1 aromatic carbocycles. The van der Waals surface area contributed by atoms with Crippen LogP contribution in [-0.2, 0) is 4.79 Å². The zero-order chi connectivity index (χ0) is 16.1. The van der Waals surface area contributed by atoms with Gasteiger partial charge >= 0.3 is 0 Å². The van der Waals surface area contributed by atoms with Crippen LogP contribution < -0.4 is 5.32 Å². The van der Waals surface area contributed by atoms with Gasteiger partial charge in [0.15, 0.2) is 0 Å². The molecule has 0 aromatic heterocycles. The van der Waals surface area contributed by atoms with E-state index in [1.165, 1.54) is 0 Å². The first kappa shape index (κ1) is 16.0.